The van der Waals surface area contributed by atoms with E-state index in [4.69, 9.17) is 21.6 Å². The van der Waals surface area contributed by atoms with E-state index in [1.54, 1.807) is 6.07 Å². The summed E-state index contributed by atoms with van der Waals surface area (Å²) in [5.74, 6) is -0.0863. The Morgan fingerprint density at radius 2 is 2.16 bits per heavy atom. The summed E-state index contributed by atoms with van der Waals surface area (Å²) >= 11 is 5.98. The van der Waals surface area contributed by atoms with Crippen LogP contribution >= 0.6 is 11.6 Å². The van der Waals surface area contributed by atoms with Gasteiger partial charge < -0.3 is 9.64 Å². The molecule has 3 rings (SSSR count). The van der Waals surface area contributed by atoms with Crippen molar-refractivity contribution in [2.24, 2.45) is 0 Å². The predicted octanol–water partition coefficient (Wildman–Crippen LogP) is 2.42. The third-order valence-electron chi connectivity index (χ3n) is 3.68. The van der Waals surface area contributed by atoms with Gasteiger partial charge in [-0.3, -0.25) is 14.9 Å². The van der Waals surface area contributed by atoms with Gasteiger partial charge >= 0.3 is 0 Å². The van der Waals surface area contributed by atoms with Crippen molar-refractivity contribution in [1.82, 2.24) is 9.88 Å². The van der Waals surface area contributed by atoms with Gasteiger partial charge in [-0.1, -0.05) is 11.6 Å². The average Bonchev–Trinajstić information content (AvgIpc) is 2.57. The molecule has 0 aliphatic carbocycles. The molecule has 1 fully saturated rings. The molecule has 1 saturated heterocycles. The Labute approximate surface area is 147 Å². The molecule has 1 aliphatic heterocycles. The molecule has 2 heterocycles. The van der Waals surface area contributed by atoms with Crippen LogP contribution in [0, 0.1) is 21.4 Å². The van der Waals surface area contributed by atoms with Crippen LogP contribution in [0.15, 0.2) is 36.5 Å². The van der Waals surface area contributed by atoms with Crippen LogP contribution in [-0.2, 0) is 0 Å². The second kappa shape index (κ2) is 6.75. The number of nitriles is 1. The second-order valence-corrected chi connectivity index (χ2v) is 5.77. The van der Waals surface area contributed by atoms with Crippen molar-refractivity contribution >= 4 is 23.2 Å². The van der Waals surface area contributed by atoms with Crippen molar-refractivity contribution in [3.8, 4) is 11.9 Å². The molecule has 0 atom stereocenters. The summed E-state index contributed by atoms with van der Waals surface area (Å²) < 4.78 is 5.60. The molecule has 1 amide bonds. The maximum Gasteiger partial charge on any atom is 0.270 e. The maximum atomic E-state index is 12.4. The van der Waals surface area contributed by atoms with Crippen LogP contribution in [0.4, 0.5) is 5.69 Å². The van der Waals surface area contributed by atoms with Gasteiger partial charge in [-0.25, -0.2) is 4.98 Å². The van der Waals surface area contributed by atoms with E-state index in [9.17, 15) is 14.9 Å². The maximum absolute atomic E-state index is 12.4. The first kappa shape index (κ1) is 16.7. The van der Waals surface area contributed by atoms with Crippen LogP contribution in [0.2, 0.25) is 5.02 Å². The highest BCUT2D eigenvalue weighted by molar-refractivity contribution is 6.34. The number of nitro groups is 1. The summed E-state index contributed by atoms with van der Waals surface area (Å²) in [6.07, 6.45) is 1.21. The number of nitro benzene ring substituents is 1. The topological polar surface area (TPSA) is 109 Å². The Kier molecular flexibility index (Phi) is 4.50. The number of non-ortho nitro benzene ring substituents is 1. The van der Waals surface area contributed by atoms with Gasteiger partial charge in [0.25, 0.3) is 11.6 Å². The van der Waals surface area contributed by atoms with Gasteiger partial charge in [0.05, 0.1) is 40.2 Å². The molecule has 0 N–H and O–H groups in total. The Morgan fingerprint density at radius 3 is 2.84 bits per heavy atom. The lowest BCUT2D eigenvalue weighted by Gasteiger charge is -2.38. The van der Waals surface area contributed by atoms with Crippen LogP contribution in [0.1, 0.15) is 15.9 Å². The molecule has 1 aromatic heterocycles. The standard InChI is InChI=1S/C16H11ClN4O4/c17-14-2-1-11(21(23)24)6-13(14)16(22)20-8-12(9-20)25-15-5-10(7-18)3-4-19-15/h1-6,12H,8-9H2. The van der Waals surface area contributed by atoms with Crippen LogP contribution in [0.25, 0.3) is 0 Å². The van der Waals surface area contributed by atoms with E-state index < -0.39 is 10.8 Å². The number of carbonyl (C=O) groups is 1. The number of carbonyl (C=O) groups excluding carboxylic acids is 1. The van der Waals surface area contributed by atoms with Gasteiger partial charge in [0.2, 0.25) is 5.88 Å². The normalized spacial score (nSPS) is 13.7. The lowest BCUT2D eigenvalue weighted by molar-refractivity contribution is -0.384. The quantitative estimate of drug-likeness (QED) is 0.613. The number of ether oxygens (including phenoxy) is 1. The van der Waals surface area contributed by atoms with Crippen molar-refractivity contribution in [1.29, 1.82) is 5.26 Å². The number of likely N-dealkylation sites (tertiary alicyclic amines) is 1. The van der Waals surface area contributed by atoms with E-state index in [0.717, 1.165) is 6.07 Å². The first-order valence-electron chi connectivity index (χ1n) is 7.24. The minimum Gasteiger partial charge on any atom is -0.471 e. The lowest BCUT2D eigenvalue weighted by atomic mass is 10.1. The molecule has 25 heavy (non-hydrogen) atoms. The van der Waals surface area contributed by atoms with Gasteiger partial charge in [-0.15, -0.1) is 0 Å². The molecule has 0 radical (unpaired) electrons. The van der Waals surface area contributed by atoms with Gasteiger partial charge in [-0.05, 0) is 12.1 Å². The van der Waals surface area contributed by atoms with Gasteiger partial charge in [0.1, 0.15) is 6.10 Å². The van der Waals surface area contributed by atoms with Gasteiger partial charge in [0, 0.05) is 24.4 Å². The molecular formula is C16H11ClN4O4. The molecular weight excluding hydrogens is 348 g/mol. The fraction of sp³-hybridized carbons (Fsp3) is 0.188. The zero-order valence-electron chi connectivity index (χ0n) is 12.8. The fourth-order valence-corrected chi connectivity index (χ4v) is 2.55. The Morgan fingerprint density at radius 1 is 1.40 bits per heavy atom. The molecule has 126 valence electrons. The lowest BCUT2D eigenvalue weighted by Crippen LogP contribution is -2.56. The van der Waals surface area contributed by atoms with Crippen LogP contribution < -0.4 is 4.74 Å². The number of amides is 1. The van der Waals surface area contributed by atoms with Crippen LogP contribution in [0.5, 0.6) is 5.88 Å². The highest BCUT2D eigenvalue weighted by atomic mass is 35.5. The number of hydrogen-bond donors (Lipinski definition) is 0. The van der Waals surface area contributed by atoms with Gasteiger partial charge in [-0.2, -0.15) is 5.26 Å². The second-order valence-electron chi connectivity index (χ2n) is 5.37. The number of hydrogen-bond acceptors (Lipinski definition) is 6. The smallest absolute Gasteiger partial charge is 0.270 e. The van der Waals surface area contributed by atoms with E-state index in [0.29, 0.717) is 24.5 Å². The molecule has 0 unspecified atom stereocenters. The van der Waals surface area contributed by atoms with Crippen molar-refractivity contribution in [3.05, 3.63) is 62.8 Å². The van der Waals surface area contributed by atoms with Crippen molar-refractivity contribution < 1.29 is 14.5 Å². The number of pyridine rings is 1. The molecule has 1 aromatic carbocycles. The third kappa shape index (κ3) is 3.51. The first-order chi connectivity index (χ1) is 12.0. The van der Waals surface area contributed by atoms with E-state index in [2.05, 4.69) is 4.98 Å². The molecule has 0 saturated carbocycles. The summed E-state index contributed by atoms with van der Waals surface area (Å²) in [7, 11) is 0. The van der Waals surface area contributed by atoms with E-state index in [1.165, 1.54) is 29.3 Å². The molecule has 8 nitrogen and oxygen atoms in total. The molecule has 0 spiro atoms. The SMILES string of the molecule is N#Cc1ccnc(OC2CN(C(=O)c3cc([N+](=O)[O-])ccc3Cl)C2)c1. The van der Waals surface area contributed by atoms with Crippen molar-refractivity contribution in [2.45, 2.75) is 6.10 Å². The summed E-state index contributed by atoms with van der Waals surface area (Å²) in [5, 5.41) is 19.8. The number of nitrogens with zero attached hydrogens (tertiary/aromatic N) is 4. The van der Waals surface area contributed by atoms with Crippen molar-refractivity contribution in [2.75, 3.05) is 13.1 Å². The van der Waals surface area contributed by atoms with Crippen molar-refractivity contribution in [3.63, 3.8) is 0 Å². The molecule has 9 heteroatoms. The van der Waals surface area contributed by atoms with Crippen LogP contribution in [-0.4, -0.2) is 39.9 Å². The fourth-order valence-electron chi connectivity index (χ4n) is 2.35. The number of benzene rings is 1. The van der Waals surface area contributed by atoms with E-state index in [-0.39, 0.29) is 22.4 Å². The molecule has 2 aromatic rings. The third-order valence-corrected chi connectivity index (χ3v) is 4.01. The highest BCUT2D eigenvalue weighted by Gasteiger charge is 2.34. The summed E-state index contributed by atoms with van der Waals surface area (Å²) in [6.45, 7) is 0.604. The Hall–Kier alpha value is -3.18. The zero-order chi connectivity index (χ0) is 18.0. The Balaban J connectivity index is 1.64. The Bertz CT molecular complexity index is 890. The van der Waals surface area contributed by atoms with E-state index in [1.807, 2.05) is 6.07 Å². The summed E-state index contributed by atoms with van der Waals surface area (Å²) in [4.78, 5) is 28.2. The highest BCUT2D eigenvalue weighted by Crippen LogP contribution is 2.26. The number of aromatic nitrogens is 1. The predicted molar refractivity (Wildman–Crippen MR) is 87.4 cm³/mol. The summed E-state index contributed by atoms with van der Waals surface area (Å²) in [5.41, 5.74) is 0.318. The molecule has 1 aliphatic rings. The zero-order valence-corrected chi connectivity index (χ0v) is 13.5. The molecule has 0 bridgehead atoms. The monoisotopic (exact) mass is 358 g/mol. The van der Waals surface area contributed by atoms with Gasteiger partial charge in [0.15, 0.2) is 0 Å². The minimum atomic E-state index is -0.580. The number of rotatable bonds is 4. The average molecular weight is 359 g/mol. The summed E-state index contributed by atoms with van der Waals surface area (Å²) in [6, 6.07) is 8.81. The number of halogens is 1. The van der Waals surface area contributed by atoms with Crippen LogP contribution in [0.3, 0.4) is 0 Å². The van der Waals surface area contributed by atoms with E-state index >= 15 is 0 Å². The largest absolute Gasteiger partial charge is 0.471 e. The minimum absolute atomic E-state index is 0.0823. The first-order valence-corrected chi connectivity index (χ1v) is 7.62.